The highest BCUT2D eigenvalue weighted by molar-refractivity contribution is 6.05. The molecule has 3 rings (SSSR count). The lowest BCUT2D eigenvalue weighted by atomic mass is 10.1. The summed E-state index contributed by atoms with van der Waals surface area (Å²) in [6, 6.07) is 14.5. The van der Waals surface area contributed by atoms with Gasteiger partial charge in [0.2, 0.25) is 5.91 Å². The van der Waals surface area contributed by atoms with Crippen LogP contribution >= 0.6 is 0 Å². The van der Waals surface area contributed by atoms with E-state index in [0.29, 0.717) is 23.5 Å². The quantitative estimate of drug-likeness (QED) is 0.727. The van der Waals surface area contributed by atoms with E-state index < -0.39 is 0 Å². The van der Waals surface area contributed by atoms with E-state index in [1.807, 2.05) is 43.3 Å². The molecular weight excluding hydrogens is 314 g/mol. The van der Waals surface area contributed by atoms with Crippen molar-refractivity contribution in [3.63, 3.8) is 0 Å². The summed E-state index contributed by atoms with van der Waals surface area (Å²) in [4.78, 5) is 24.4. The highest BCUT2D eigenvalue weighted by Gasteiger charge is 2.20. The van der Waals surface area contributed by atoms with Crippen LogP contribution in [0.15, 0.2) is 48.5 Å². The van der Waals surface area contributed by atoms with E-state index >= 15 is 0 Å². The molecule has 3 N–H and O–H groups in total. The average molecular weight is 337 g/mol. The Labute approximate surface area is 147 Å². The molecule has 0 saturated heterocycles. The van der Waals surface area contributed by atoms with Crippen LogP contribution in [0.25, 0.3) is 0 Å². The third-order valence-electron chi connectivity index (χ3n) is 4.31. The van der Waals surface area contributed by atoms with Crippen molar-refractivity contribution < 1.29 is 9.59 Å². The molecule has 2 amide bonds. The number of rotatable bonds is 7. The Morgan fingerprint density at radius 2 is 1.64 bits per heavy atom. The van der Waals surface area contributed by atoms with Crippen molar-refractivity contribution in [3.05, 3.63) is 59.7 Å². The van der Waals surface area contributed by atoms with Gasteiger partial charge in [0.25, 0.3) is 5.91 Å². The van der Waals surface area contributed by atoms with Crippen LogP contribution < -0.4 is 16.0 Å². The molecule has 0 bridgehead atoms. The van der Waals surface area contributed by atoms with Crippen molar-refractivity contribution in [2.24, 2.45) is 5.92 Å². The van der Waals surface area contributed by atoms with Gasteiger partial charge < -0.3 is 16.0 Å². The number of hydrogen-bond donors (Lipinski definition) is 3. The van der Waals surface area contributed by atoms with Crippen LogP contribution in [0.1, 0.15) is 28.8 Å². The van der Waals surface area contributed by atoms with E-state index in [1.165, 1.54) is 12.8 Å². The normalized spacial score (nSPS) is 13.3. The summed E-state index contributed by atoms with van der Waals surface area (Å²) in [7, 11) is 0. The number of benzene rings is 2. The molecule has 130 valence electrons. The third kappa shape index (κ3) is 4.90. The minimum Gasteiger partial charge on any atom is -0.325 e. The van der Waals surface area contributed by atoms with Crippen LogP contribution in [0.5, 0.6) is 0 Å². The molecule has 2 aromatic rings. The number of nitrogens with one attached hydrogen (secondary N) is 3. The fraction of sp³-hybridized carbons (Fsp3) is 0.300. The first kappa shape index (κ1) is 17.2. The van der Waals surface area contributed by atoms with Gasteiger partial charge in [0.15, 0.2) is 0 Å². The predicted octanol–water partition coefficient (Wildman–Crippen LogP) is 3.19. The lowest BCUT2D eigenvalue weighted by molar-refractivity contribution is -0.115. The van der Waals surface area contributed by atoms with Gasteiger partial charge in [-0.1, -0.05) is 24.3 Å². The topological polar surface area (TPSA) is 70.2 Å². The zero-order valence-corrected chi connectivity index (χ0v) is 14.3. The lowest BCUT2D eigenvalue weighted by Gasteiger charge is -2.14. The van der Waals surface area contributed by atoms with Crippen molar-refractivity contribution in [2.45, 2.75) is 19.8 Å². The molecule has 1 fully saturated rings. The Morgan fingerprint density at radius 1 is 0.960 bits per heavy atom. The lowest BCUT2D eigenvalue weighted by Crippen LogP contribution is -2.29. The molecule has 25 heavy (non-hydrogen) atoms. The fourth-order valence-electron chi connectivity index (χ4n) is 2.60. The van der Waals surface area contributed by atoms with Crippen LogP contribution in [0.3, 0.4) is 0 Å². The maximum atomic E-state index is 12.3. The summed E-state index contributed by atoms with van der Waals surface area (Å²) in [6.45, 7) is 3.09. The zero-order valence-electron chi connectivity index (χ0n) is 14.3. The number of carbonyl (C=O) groups is 2. The average Bonchev–Trinajstić information content (AvgIpc) is 3.43. The molecule has 0 unspecified atom stereocenters. The summed E-state index contributed by atoms with van der Waals surface area (Å²) in [5.41, 5.74) is 2.84. The molecule has 0 spiro atoms. The smallest absolute Gasteiger partial charge is 0.255 e. The number of carbonyl (C=O) groups excluding carboxylic acids is 2. The SMILES string of the molecule is Cc1c(NC(=O)CNCC2CC2)cccc1NC(=O)c1ccccc1. The molecule has 0 aromatic heterocycles. The van der Waals surface area contributed by atoms with Gasteiger partial charge >= 0.3 is 0 Å². The van der Waals surface area contributed by atoms with Crippen LogP contribution in [0.4, 0.5) is 11.4 Å². The van der Waals surface area contributed by atoms with Crippen molar-refractivity contribution >= 4 is 23.2 Å². The Bertz CT molecular complexity index is 755. The van der Waals surface area contributed by atoms with Crippen molar-refractivity contribution in [1.82, 2.24) is 5.32 Å². The highest BCUT2D eigenvalue weighted by Crippen LogP contribution is 2.27. The molecule has 5 heteroatoms. The number of hydrogen-bond acceptors (Lipinski definition) is 3. The van der Waals surface area contributed by atoms with Crippen LogP contribution in [0, 0.1) is 12.8 Å². The maximum absolute atomic E-state index is 12.3. The molecule has 0 atom stereocenters. The number of amides is 2. The molecule has 1 aliphatic carbocycles. The molecule has 5 nitrogen and oxygen atoms in total. The van der Waals surface area contributed by atoms with Crippen LogP contribution in [-0.2, 0) is 4.79 Å². The van der Waals surface area contributed by atoms with Crippen molar-refractivity contribution in [1.29, 1.82) is 0 Å². The maximum Gasteiger partial charge on any atom is 0.255 e. The molecule has 0 heterocycles. The summed E-state index contributed by atoms with van der Waals surface area (Å²) in [5, 5.41) is 8.98. The van der Waals surface area contributed by atoms with E-state index in [1.54, 1.807) is 12.1 Å². The summed E-state index contributed by atoms with van der Waals surface area (Å²) in [5.74, 6) is 0.500. The van der Waals surface area contributed by atoms with Gasteiger partial charge in [-0.3, -0.25) is 9.59 Å². The van der Waals surface area contributed by atoms with E-state index in [2.05, 4.69) is 16.0 Å². The van der Waals surface area contributed by atoms with E-state index in [9.17, 15) is 9.59 Å². The number of anilines is 2. The van der Waals surface area contributed by atoms with E-state index in [4.69, 9.17) is 0 Å². The van der Waals surface area contributed by atoms with Gasteiger partial charge in [0.1, 0.15) is 0 Å². The van der Waals surface area contributed by atoms with Gasteiger partial charge in [0, 0.05) is 16.9 Å². The van der Waals surface area contributed by atoms with E-state index in [0.717, 1.165) is 18.0 Å². The Hall–Kier alpha value is -2.66. The van der Waals surface area contributed by atoms with Crippen LogP contribution in [0.2, 0.25) is 0 Å². The Morgan fingerprint density at radius 3 is 2.32 bits per heavy atom. The summed E-state index contributed by atoms with van der Waals surface area (Å²) in [6.07, 6.45) is 2.52. The Kier molecular flexibility index (Phi) is 5.46. The molecule has 1 saturated carbocycles. The monoisotopic (exact) mass is 337 g/mol. The second-order valence-corrected chi connectivity index (χ2v) is 6.42. The Balaban J connectivity index is 1.60. The van der Waals surface area contributed by atoms with Crippen molar-refractivity contribution in [2.75, 3.05) is 23.7 Å². The minimum atomic E-state index is -0.168. The van der Waals surface area contributed by atoms with Crippen molar-refractivity contribution in [3.8, 4) is 0 Å². The molecule has 0 radical (unpaired) electrons. The van der Waals surface area contributed by atoms with Gasteiger partial charge in [-0.25, -0.2) is 0 Å². The van der Waals surface area contributed by atoms with Gasteiger partial charge in [-0.2, -0.15) is 0 Å². The first-order valence-corrected chi connectivity index (χ1v) is 8.60. The molecular formula is C20H23N3O2. The predicted molar refractivity (Wildman–Crippen MR) is 99.8 cm³/mol. The van der Waals surface area contributed by atoms with Gasteiger partial charge in [0.05, 0.1) is 6.54 Å². The summed E-state index contributed by atoms with van der Waals surface area (Å²) >= 11 is 0. The highest BCUT2D eigenvalue weighted by atomic mass is 16.2. The van der Waals surface area contributed by atoms with E-state index in [-0.39, 0.29) is 11.8 Å². The largest absolute Gasteiger partial charge is 0.325 e. The first-order chi connectivity index (χ1) is 12.1. The fourth-order valence-corrected chi connectivity index (χ4v) is 2.60. The zero-order chi connectivity index (χ0) is 17.6. The van der Waals surface area contributed by atoms with Gasteiger partial charge in [-0.15, -0.1) is 0 Å². The molecule has 0 aliphatic heterocycles. The summed E-state index contributed by atoms with van der Waals surface area (Å²) < 4.78 is 0. The third-order valence-corrected chi connectivity index (χ3v) is 4.31. The first-order valence-electron chi connectivity index (χ1n) is 8.60. The molecule has 2 aromatic carbocycles. The molecule has 1 aliphatic rings. The van der Waals surface area contributed by atoms with Crippen LogP contribution in [-0.4, -0.2) is 24.9 Å². The standard InChI is InChI=1S/C20H23N3O2/c1-14-17(22-19(24)13-21-12-15-10-11-15)8-5-9-18(14)23-20(25)16-6-3-2-4-7-16/h2-9,15,21H,10-13H2,1H3,(H,22,24)(H,23,25). The van der Waals surface area contributed by atoms with Gasteiger partial charge in [-0.05, 0) is 62.1 Å². The second-order valence-electron chi connectivity index (χ2n) is 6.42. The second kappa shape index (κ2) is 7.94. The minimum absolute atomic E-state index is 0.0738.